The number of carbonyl (C=O) groups excluding carboxylic acids is 1. The summed E-state index contributed by atoms with van der Waals surface area (Å²) in [5, 5.41) is 11.9. The van der Waals surface area contributed by atoms with Crippen molar-refractivity contribution in [3.05, 3.63) is 0 Å². The van der Waals surface area contributed by atoms with E-state index in [9.17, 15) is 4.79 Å². The minimum atomic E-state index is 0.155. The summed E-state index contributed by atoms with van der Waals surface area (Å²) in [4.78, 5) is 14.6. The Hall–Kier alpha value is -0.610. The first kappa shape index (κ1) is 16.4. The summed E-state index contributed by atoms with van der Waals surface area (Å²) in [6, 6.07) is 0.294. The van der Waals surface area contributed by atoms with Crippen LogP contribution in [0.15, 0.2) is 0 Å². The molecule has 1 amide bonds. The molecule has 1 heterocycles. The highest BCUT2D eigenvalue weighted by molar-refractivity contribution is 5.79. The monoisotopic (exact) mass is 270 g/mol. The quantitative estimate of drug-likeness (QED) is 0.661. The second kappa shape index (κ2) is 9.32. The molecular weight excluding hydrogens is 240 g/mol. The maximum absolute atomic E-state index is 12.2. The summed E-state index contributed by atoms with van der Waals surface area (Å²) < 4.78 is 0. The Bertz CT molecular complexity index is 259. The predicted molar refractivity (Wildman–Crippen MR) is 78.0 cm³/mol. The summed E-state index contributed by atoms with van der Waals surface area (Å²) in [6.07, 6.45) is 6.18. The Balaban J connectivity index is 2.30. The van der Waals surface area contributed by atoms with E-state index >= 15 is 0 Å². The van der Waals surface area contributed by atoms with Gasteiger partial charge >= 0.3 is 0 Å². The van der Waals surface area contributed by atoms with Crippen molar-refractivity contribution in [2.24, 2.45) is 5.92 Å². The van der Waals surface area contributed by atoms with E-state index in [1.807, 2.05) is 0 Å². The molecule has 1 saturated heterocycles. The molecule has 0 aliphatic carbocycles. The zero-order chi connectivity index (χ0) is 14.1. The highest BCUT2D eigenvalue weighted by Gasteiger charge is 2.25. The second-order valence-corrected chi connectivity index (χ2v) is 5.77. The molecule has 0 aromatic carbocycles. The molecule has 0 aromatic heterocycles. The lowest BCUT2D eigenvalue weighted by Gasteiger charge is -2.32. The van der Waals surface area contributed by atoms with Crippen LogP contribution in [0, 0.1) is 5.92 Å². The van der Waals surface area contributed by atoms with Gasteiger partial charge in [0.2, 0.25) is 5.91 Å². The Morgan fingerprint density at radius 1 is 1.47 bits per heavy atom. The van der Waals surface area contributed by atoms with Crippen LogP contribution in [0.25, 0.3) is 0 Å². The van der Waals surface area contributed by atoms with E-state index < -0.39 is 0 Å². The fourth-order valence-corrected chi connectivity index (χ4v) is 2.79. The smallest absolute Gasteiger partial charge is 0.224 e. The van der Waals surface area contributed by atoms with Gasteiger partial charge in [-0.3, -0.25) is 4.79 Å². The van der Waals surface area contributed by atoms with Crippen molar-refractivity contribution < 1.29 is 9.90 Å². The molecule has 112 valence electrons. The van der Waals surface area contributed by atoms with Crippen LogP contribution in [0.5, 0.6) is 0 Å². The van der Waals surface area contributed by atoms with E-state index in [0.29, 0.717) is 6.04 Å². The molecule has 2 atom stereocenters. The van der Waals surface area contributed by atoms with Crippen LogP contribution >= 0.6 is 0 Å². The van der Waals surface area contributed by atoms with Crippen LogP contribution in [0.2, 0.25) is 0 Å². The van der Waals surface area contributed by atoms with Crippen LogP contribution in [-0.2, 0) is 4.79 Å². The third kappa shape index (κ3) is 6.39. The first-order chi connectivity index (χ1) is 9.17. The highest BCUT2D eigenvalue weighted by atomic mass is 16.2. The molecule has 1 fully saturated rings. The van der Waals surface area contributed by atoms with E-state index in [-0.39, 0.29) is 18.4 Å². The lowest BCUT2D eigenvalue weighted by atomic mass is 9.96. The van der Waals surface area contributed by atoms with Crippen LogP contribution in [0.1, 0.15) is 52.4 Å². The van der Waals surface area contributed by atoms with Crippen molar-refractivity contribution in [2.45, 2.75) is 58.4 Å². The first-order valence-electron chi connectivity index (χ1n) is 7.81. The molecule has 19 heavy (non-hydrogen) atoms. The molecule has 0 saturated carbocycles. The van der Waals surface area contributed by atoms with E-state index in [1.165, 1.54) is 0 Å². The van der Waals surface area contributed by atoms with Gasteiger partial charge in [0.05, 0.1) is 5.92 Å². The third-order valence-electron chi connectivity index (χ3n) is 3.87. The number of carbonyl (C=O) groups is 1. The number of nitrogens with one attached hydrogen (secondary N) is 1. The molecule has 0 bridgehead atoms. The van der Waals surface area contributed by atoms with E-state index in [2.05, 4.69) is 24.1 Å². The number of unbranched alkanes of at least 4 members (excludes halogenated alkanes) is 1. The highest BCUT2D eigenvalue weighted by Crippen LogP contribution is 2.17. The van der Waals surface area contributed by atoms with Gasteiger partial charge < -0.3 is 15.3 Å². The number of aliphatic hydroxyl groups excluding tert-OH is 1. The summed E-state index contributed by atoms with van der Waals surface area (Å²) in [7, 11) is 0. The SMILES string of the molecule is CCCC(C)NC(=O)C1CCCN(CCCCO)C1. The summed E-state index contributed by atoms with van der Waals surface area (Å²) in [5.41, 5.74) is 0. The van der Waals surface area contributed by atoms with Crippen molar-refractivity contribution in [2.75, 3.05) is 26.2 Å². The number of hydrogen-bond acceptors (Lipinski definition) is 3. The summed E-state index contributed by atoms with van der Waals surface area (Å²) in [5.74, 6) is 0.384. The molecule has 1 aliphatic rings. The molecule has 0 aromatic rings. The number of piperidine rings is 1. The number of amides is 1. The van der Waals surface area contributed by atoms with Gasteiger partial charge in [0, 0.05) is 19.2 Å². The zero-order valence-corrected chi connectivity index (χ0v) is 12.5. The number of aliphatic hydroxyl groups is 1. The molecule has 2 unspecified atom stereocenters. The van der Waals surface area contributed by atoms with Gasteiger partial charge in [0.25, 0.3) is 0 Å². The average molecular weight is 270 g/mol. The second-order valence-electron chi connectivity index (χ2n) is 5.77. The van der Waals surface area contributed by atoms with Crippen molar-refractivity contribution in [3.8, 4) is 0 Å². The van der Waals surface area contributed by atoms with Gasteiger partial charge in [0.15, 0.2) is 0 Å². The lowest BCUT2D eigenvalue weighted by Crippen LogP contribution is -2.45. The number of likely N-dealkylation sites (tertiary alicyclic amines) is 1. The minimum Gasteiger partial charge on any atom is -0.396 e. The van der Waals surface area contributed by atoms with Crippen molar-refractivity contribution in [1.29, 1.82) is 0 Å². The third-order valence-corrected chi connectivity index (χ3v) is 3.87. The van der Waals surface area contributed by atoms with Gasteiger partial charge in [-0.2, -0.15) is 0 Å². The zero-order valence-electron chi connectivity index (χ0n) is 12.5. The average Bonchev–Trinajstić information content (AvgIpc) is 2.39. The van der Waals surface area contributed by atoms with Gasteiger partial charge in [-0.1, -0.05) is 13.3 Å². The summed E-state index contributed by atoms with van der Waals surface area (Å²) >= 11 is 0. The van der Waals surface area contributed by atoms with Gasteiger partial charge in [-0.25, -0.2) is 0 Å². The van der Waals surface area contributed by atoms with Crippen LogP contribution in [0.4, 0.5) is 0 Å². The standard InChI is InChI=1S/C15H30N2O2/c1-3-7-13(2)16-15(19)14-8-6-10-17(12-14)9-4-5-11-18/h13-14,18H,3-12H2,1-2H3,(H,16,19). The molecule has 2 N–H and O–H groups in total. The number of rotatable bonds is 8. The van der Waals surface area contributed by atoms with Crippen LogP contribution in [0.3, 0.4) is 0 Å². The lowest BCUT2D eigenvalue weighted by molar-refractivity contribution is -0.127. The van der Waals surface area contributed by atoms with Gasteiger partial charge in [-0.15, -0.1) is 0 Å². The van der Waals surface area contributed by atoms with Crippen LogP contribution < -0.4 is 5.32 Å². The van der Waals surface area contributed by atoms with E-state index in [4.69, 9.17) is 5.11 Å². The fourth-order valence-electron chi connectivity index (χ4n) is 2.79. The molecule has 1 rings (SSSR count). The molecule has 0 spiro atoms. The van der Waals surface area contributed by atoms with E-state index in [1.54, 1.807) is 0 Å². The maximum atomic E-state index is 12.2. The normalized spacial score (nSPS) is 22.2. The molecule has 4 heteroatoms. The predicted octanol–water partition coefficient (Wildman–Crippen LogP) is 1.78. The number of hydrogen-bond donors (Lipinski definition) is 2. The molecule has 1 aliphatic heterocycles. The Morgan fingerprint density at radius 3 is 2.95 bits per heavy atom. The van der Waals surface area contributed by atoms with Crippen LogP contribution in [-0.4, -0.2) is 48.2 Å². The Morgan fingerprint density at radius 2 is 2.26 bits per heavy atom. The largest absolute Gasteiger partial charge is 0.396 e. The van der Waals surface area contributed by atoms with E-state index in [0.717, 1.165) is 58.2 Å². The Kier molecular flexibility index (Phi) is 8.07. The minimum absolute atomic E-state index is 0.155. The van der Waals surface area contributed by atoms with Gasteiger partial charge in [-0.05, 0) is 52.1 Å². The molecule has 0 radical (unpaired) electrons. The number of nitrogens with zero attached hydrogens (tertiary/aromatic N) is 1. The first-order valence-corrected chi connectivity index (χ1v) is 7.81. The summed E-state index contributed by atoms with van der Waals surface area (Å²) in [6.45, 7) is 7.49. The topological polar surface area (TPSA) is 52.6 Å². The van der Waals surface area contributed by atoms with Gasteiger partial charge in [0.1, 0.15) is 0 Å². The fraction of sp³-hybridized carbons (Fsp3) is 0.933. The molecular formula is C15H30N2O2. The maximum Gasteiger partial charge on any atom is 0.224 e. The molecule has 4 nitrogen and oxygen atoms in total. The van der Waals surface area contributed by atoms with Crippen molar-refractivity contribution in [1.82, 2.24) is 10.2 Å². The Labute approximate surface area is 117 Å². The van der Waals surface area contributed by atoms with Crippen molar-refractivity contribution >= 4 is 5.91 Å². The van der Waals surface area contributed by atoms with Crippen molar-refractivity contribution in [3.63, 3.8) is 0 Å².